The zero-order valence-corrected chi connectivity index (χ0v) is 13.0. The van der Waals surface area contributed by atoms with Gasteiger partial charge in [-0.2, -0.15) is 5.10 Å². The molecule has 1 aromatic heterocycles. The highest BCUT2D eigenvalue weighted by atomic mass is 79.9. The van der Waals surface area contributed by atoms with Gasteiger partial charge in [-0.25, -0.2) is 0 Å². The first-order chi connectivity index (χ1) is 7.73. The second-order valence-corrected chi connectivity index (χ2v) is 6.75. The summed E-state index contributed by atoms with van der Waals surface area (Å²) in [5, 5.41) is 14.4. The Kier molecular flexibility index (Phi) is 4.78. The molecule has 0 bridgehead atoms. The minimum atomic E-state index is -0.287. The molecule has 0 aromatic carbocycles. The van der Waals surface area contributed by atoms with Gasteiger partial charge in [-0.15, -0.1) is 0 Å². The van der Waals surface area contributed by atoms with E-state index in [1.165, 1.54) is 5.69 Å². The number of nitrogens with zero attached hydrogens (tertiary/aromatic N) is 2. The Labute approximate surface area is 112 Å². The molecule has 3 nitrogen and oxygen atoms in total. The van der Waals surface area contributed by atoms with E-state index in [9.17, 15) is 5.11 Å². The number of aromatic nitrogens is 2. The van der Waals surface area contributed by atoms with Crippen LogP contribution in [0.2, 0.25) is 0 Å². The molecule has 98 valence electrons. The zero-order valence-electron chi connectivity index (χ0n) is 11.4. The van der Waals surface area contributed by atoms with E-state index in [1.807, 2.05) is 10.9 Å². The van der Waals surface area contributed by atoms with Gasteiger partial charge in [0.05, 0.1) is 22.5 Å². The molecule has 1 rings (SSSR count). The van der Waals surface area contributed by atoms with Crippen molar-refractivity contribution in [3.63, 3.8) is 0 Å². The van der Waals surface area contributed by atoms with Crippen LogP contribution in [-0.2, 0) is 6.42 Å². The highest BCUT2D eigenvalue weighted by Crippen LogP contribution is 2.26. The molecule has 0 amide bonds. The summed E-state index contributed by atoms with van der Waals surface area (Å²) in [7, 11) is 0. The Balaban J connectivity index is 2.72. The van der Waals surface area contributed by atoms with Crippen LogP contribution in [0.3, 0.4) is 0 Å². The van der Waals surface area contributed by atoms with Gasteiger partial charge < -0.3 is 5.11 Å². The van der Waals surface area contributed by atoms with E-state index in [4.69, 9.17) is 0 Å². The second kappa shape index (κ2) is 5.53. The third-order valence-electron chi connectivity index (χ3n) is 2.99. The first kappa shape index (κ1) is 14.7. The highest BCUT2D eigenvalue weighted by Gasteiger charge is 2.23. The van der Waals surface area contributed by atoms with Crippen LogP contribution in [0.4, 0.5) is 0 Å². The molecule has 1 heterocycles. The summed E-state index contributed by atoms with van der Waals surface area (Å²) in [6.07, 6.45) is 3.15. The molecular weight excluding hydrogens is 280 g/mol. The van der Waals surface area contributed by atoms with Crippen LogP contribution in [0.1, 0.15) is 52.8 Å². The fourth-order valence-electron chi connectivity index (χ4n) is 1.75. The number of aliphatic hydroxyl groups is 1. The van der Waals surface area contributed by atoms with Crippen LogP contribution in [0.5, 0.6) is 0 Å². The molecule has 0 aliphatic heterocycles. The number of aliphatic hydroxyl groups excluding tert-OH is 1. The third kappa shape index (κ3) is 3.81. The topological polar surface area (TPSA) is 38.0 Å². The summed E-state index contributed by atoms with van der Waals surface area (Å²) in [5.41, 5.74) is 1.11. The molecule has 0 radical (unpaired) electrons. The summed E-state index contributed by atoms with van der Waals surface area (Å²) in [6, 6.07) is 0.350. The molecule has 1 unspecified atom stereocenters. The van der Waals surface area contributed by atoms with E-state index in [0.29, 0.717) is 6.04 Å². The van der Waals surface area contributed by atoms with E-state index in [1.54, 1.807) is 0 Å². The zero-order chi connectivity index (χ0) is 13.2. The molecule has 0 aliphatic carbocycles. The van der Waals surface area contributed by atoms with Gasteiger partial charge in [0, 0.05) is 6.04 Å². The van der Waals surface area contributed by atoms with Crippen LogP contribution in [0, 0.1) is 5.41 Å². The molecular formula is C13H23BrN2O. The lowest BCUT2D eigenvalue weighted by Crippen LogP contribution is -2.26. The molecule has 0 saturated carbocycles. The van der Waals surface area contributed by atoms with Crippen LogP contribution in [-0.4, -0.2) is 21.0 Å². The molecule has 4 heteroatoms. The quantitative estimate of drug-likeness (QED) is 0.923. The first-order valence-electron chi connectivity index (χ1n) is 6.13. The lowest BCUT2D eigenvalue weighted by molar-refractivity contribution is 0.0554. The molecule has 1 N–H and O–H groups in total. The average molecular weight is 303 g/mol. The van der Waals surface area contributed by atoms with Gasteiger partial charge in [0.15, 0.2) is 0 Å². The SMILES string of the molecule is CC(C)n1ncc(Br)c1CCC(O)C(C)(C)C. The Hall–Kier alpha value is -0.350. The molecule has 1 aromatic rings. The summed E-state index contributed by atoms with van der Waals surface area (Å²) < 4.78 is 3.05. The van der Waals surface area contributed by atoms with Crippen molar-refractivity contribution in [1.29, 1.82) is 0 Å². The maximum atomic E-state index is 10.1. The minimum absolute atomic E-state index is 0.0604. The average Bonchev–Trinajstić information content (AvgIpc) is 2.54. The van der Waals surface area contributed by atoms with Crippen molar-refractivity contribution in [2.45, 2.75) is 59.6 Å². The fraction of sp³-hybridized carbons (Fsp3) is 0.769. The van der Waals surface area contributed by atoms with E-state index < -0.39 is 0 Å². The third-order valence-corrected chi connectivity index (χ3v) is 3.65. The highest BCUT2D eigenvalue weighted by molar-refractivity contribution is 9.10. The van der Waals surface area contributed by atoms with E-state index in [2.05, 4.69) is 55.6 Å². The Morgan fingerprint density at radius 3 is 2.47 bits per heavy atom. The van der Waals surface area contributed by atoms with E-state index >= 15 is 0 Å². The maximum Gasteiger partial charge on any atom is 0.0635 e. The van der Waals surface area contributed by atoms with Crippen LogP contribution < -0.4 is 0 Å². The van der Waals surface area contributed by atoms with Gasteiger partial charge in [-0.1, -0.05) is 20.8 Å². The van der Waals surface area contributed by atoms with Gasteiger partial charge in [-0.3, -0.25) is 4.68 Å². The Morgan fingerprint density at radius 2 is 2.00 bits per heavy atom. The lowest BCUT2D eigenvalue weighted by atomic mass is 9.86. The number of hydrogen-bond acceptors (Lipinski definition) is 2. The van der Waals surface area contributed by atoms with Crippen LogP contribution in [0.15, 0.2) is 10.7 Å². The van der Waals surface area contributed by atoms with Gasteiger partial charge in [0.1, 0.15) is 0 Å². The van der Waals surface area contributed by atoms with Crippen LogP contribution >= 0.6 is 15.9 Å². The van der Waals surface area contributed by atoms with Gasteiger partial charge in [0.2, 0.25) is 0 Å². The molecule has 0 fully saturated rings. The normalized spacial score (nSPS) is 14.4. The smallest absolute Gasteiger partial charge is 0.0635 e. The van der Waals surface area contributed by atoms with Crippen molar-refractivity contribution in [2.75, 3.05) is 0 Å². The predicted molar refractivity (Wildman–Crippen MR) is 74.1 cm³/mol. The molecule has 17 heavy (non-hydrogen) atoms. The molecule has 0 saturated heterocycles. The van der Waals surface area contributed by atoms with Crippen LogP contribution in [0.25, 0.3) is 0 Å². The monoisotopic (exact) mass is 302 g/mol. The summed E-state index contributed by atoms with van der Waals surface area (Å²) in [5.74, 6) is 0. The molecule has 1 atom stereocenters. The van der Waals surface area contributed by atoms with Crippen molar-refractivity contribution in [1.82, 2.24) is 9.78 Å². The second-order valence-electron chi connectivity index (χ2n) is 5.90. The minimum Gasteiger partial charge on any atom is -0.393 e. The summed E-state index contributed by atoms with van der Waals surface area (Å²) in [6.45, 7) is 10.4. The van der Waals surface area contributed by atoms with E-state index in [0.717, 1.165) is 17.3 Å². The van der Waals surface area contributed by atoms with Crippen molar-refractivity contribution in [2.24, 2.45) is 5.41 Å². The Morgan fingerprint density at radius 1 is 1.41 bits per heavy atom. The summed E-state index contributed by atoms with van der Waals surface area (Å²) >= 11 is 3.52. The number of halogens is 1. The van der Waals surface area contributed by atoms with Gasteiger partial charge >= 0.3 is 0 Å². The predicted octanol–water partition coefficient (Wildman–Crippen LogP) is 3.57. The van der Waals surface area contributed by atoms with Gasteiger partial charge in [0.25, 0.3) is 0 Å². The van der Waals surface area contributed by atoms with Crippen molar-refractivity contribution in [3.05, 3.63) is 16.4 Å². The number of rotatable bonds is 4. The number of hydrogen-bond donors (Lipinski definition) is 1. The first-order valence-corrected chi connectivity index (χ1v) is 6.92. The summed E-state index contributed by atoms with van der Waals surface area (Å²) in [4.78, 5) is 0. The van der Waals surface area contributed by atoms with Gasteiger partial charge in [-0.05, 0) is 48.0 Å². The van der Waals surface area contributed by atoms with Crippen molar-refractivity contribution < 1.29 is 5.11 Å². The fourth-order valence-corrected chi connectivity index (χ4v) is 2.22. The van der Waals surface area contributed by atoms with Crippen molar-refractivity contribution >= 4 is 15.9 Å². The Bertz CT molecular complexity index is 366. The lowest BCUT2D eigenvalue weighted by Gasteiger charge is -2.26. The standard InChI is InChI=1S/C13H23BrN2O/c1-9(2)16-11(10(14)8-15-16)6-7-12(17)13(3,4)5/h8-9,12,17H,6-7H2,1-5H3. The maximum absolute atomic E-state index is 10.1. The molecule has 0 spiro atoms. The largest absolute Gasteiger partial charge is 0.393 e. The van der Waals surface area contributed by atoms with E-state index in [-0.39, 0.29) is 11.5 Å². The van der Waals surface area contributed by atoms with Crippen molar-refractivity contribution in [3.8, 4) is 0 Å². The molecule has 0 aliphatic rings.